The number of nitrogens with one attached hydrogen (secondary N) is 2. The van der Waals surface area contributed by atoms with E-state index in [4.69, 9.17) is 25.8 Å². The lowest BCUT2D eigenvalue weighted by molar-refractivity contribution is -0.141. The molecule has 0 radical (unpaired) electrons. The van der Waals surface area contributed by atoms with Crippen LogP contribution in [0.5, 0.6) is 0 Å². The summed E-state index contributed by atoms with van der Waals surface area (Å²) in [4.78, 5) is 27.1. The fraction of sp³-hybridized carbons (Fsp3) is 0.615. The van der Waals surface area contributed by atoms with Gasteiger partial charge in [-0.15, -0.1) is 0 Å². The van der Waals surface area contributed by atoms with Crippen LogP contribution in [0.3, 0.4) is 0 Å². The molecule has 9 nitrogen and oxygen atoms in total. The Balaban J connectivity index is 1.37. The topological polar surface area (TPSA) is 120 Å². The number of ether oxygens (including phenoxy) is 1. The first-order chi connectivity index (χ1) is 16.9. The van der Waals surface area contributed by atoms with Crippen LogP contribution in [0.1, 0.15) is 64.0 Å². The van der Waals surface area contributed by atoms with Crippen molar-refractivity contribution >= 4 is 29.1 Å². The maximum absolute atomic E-state index is 13.1. The normalized spacial score (nSPS) is 26.3. The Hall–Kier alpha value is -2.94. The van der Waals surface area contributed by atoms with Crippen LogP contribution >= 0.6 is 0 Å². The summed E-state index contributed by atoms with van der Waals surface area (Å²) in [7, 11) is 2.06. The fourth-order valence-electron chi connectivity index (χ4n) is 5.70. The predicted octanol–water partition coefficient (Wildman–Crippen LogP) is 3.29. The third-order valence-corrected chi connectivity index (χ3v) is 7.64. The van der Waals surface area contributed by atoms with Gasteiger partial charge in [-0.1, -0.05) is 6.08 Å². The van der Waals surface area contributed by atoms with Crippen molar-refractivity contribution in [1.29, 1.82) is 5.41 Å². The molecule has 3 atom stereocenters. The van der Waals surface area contributed by atoms with E-state index in [0.717, 1.165) is 43.4 Å². The van der Waals surface area contributed by atoms with E-state index in [1.807, 2.05) is 12.1 Å². The first kappa shape index (κ1) is 23.8. The summed E-state index contributed by atoms with van der Waals surface area (Å²) < 4.78 is 5.53. The number of carbonyl (C=O) groups is 1. The lowest BCUT2D eigenvalue weighted by atomic mass is 9.81. The molecule has 188 valence electrons. The van der Waals surface area contributed by atoms with Gasteiger partial charge in [0.05, 0.1) is 18.9 Å². The highest BCUT2D eigenvalue weighted by atomic mass is 16.5. The van der Waals surface area contributed by atoms with Crippen molar-refractivity contribution in [3.63, 3.8) is 0 Å². The minimum atomic E-state index is 0.178. The average Bonchev–Trinajstić information content (AvgIpc) is 3.44. The Morgan fingerprint density at radius 1 is 1.29 bits per heavy atom. The molecule has 1 saturated carbocycles. The highest BCUT2D eigenvalue weighted by molar-refractivity contribution is 6.01. The molecule has 3 aliphatic heterocycles. The SMILES string of the molecule is C/C(N)=C/C(=N)Nc1cc(C2=CCOC2)nc(N(C)[C@@H]2C[C@H]3CCC[C@@H](C2)N3C(=O)CC2CC2)n1. The van der Waals surface area contributed by atoms with E-state index in [0.29, 0.717) is 54.6 Å². The number of anilines is 2. The zero-order chi connectivity index (χ0) is 24.5. The van der Waals surface area contributed by atoms with Gasteiger partial charge >= 0.3 is 0 Å². The van der Waals surface area contributed by atoms with Gasteiger partial charge in [0.25, 0.3) is 0 Å². The first-order valence-electron chi connectivity index (χ1n) is 12.9. The number of hydrogen-bond acceptors (Lipinski definition) is 7. The number of rotatable bonds is 7. The third-order valence-electron chi connectivity index (χ3n) is 7.64. The second-order valence-electron chi connectivity index (χ2n) is 10.5. The largest absolute Gasteiger partial charge is 0.402 e. The maximum Gasteiger partial charge on any atom is 0.227 e. The molecule has 0 unspecified atom stereocenters. The lowest BCUT2D eigenvalue weighted by Crippen LogP contribution is -2.58. The molecule has 1 amide bonds. The maximum atomic E-state index is 13.1. The van der Waals surface area contributed by atoms with E-state index in [1.54, 1.807) is 13.0 Å². The molecule has 9 heteroatoms. The van der Waals surface area contributed by atoms with Crippen LogP contribution in [0, 0.1) is 11.3 Å². The third kappa shape index (κ3) is 5.50. The van der Waals surface area contributed by atoms with Gasteiger partial charge < -0.3 is 25.6 Å². The average molecular weight is 480 g/mol. The Morgan fingerprint density at radius 2 is 2.03 bits per heavy atom. The summed E-state index contributed by atoms with van der Waals surface area (Å²) in [5.41, 5.74) is 8.13. The van der Waals surface area contributed by atoms with Crippen LogP contribution in [0.15, 0.2) is 23.9 Å². The molecular weight excluding hydrogens is 442 g/mol. The molecule has 35 heavy (non-hydrogen) atoms. The summed E-state index contributed by atoms with van der Waals surface area (Å²) in [6, 6.07) is 2.73. The summed E-state index contributed by atoms with van der Waals surface area (Å²) in [5.74, 6) is 2.35. The number of carbonyl (C=O) groups excluding carboxylic acids is 1. The number of allylic oxidation sites excluding steroid dienone is 1. The smallest absolute Gasteiger partial charge is 0.227 e. The summed E-state index contributed by atoms with van der Waals surface area (Å²) in [6.45, 7) is 2.85. The number of aromatic nitrogens is 2. The van der Waals surface area contributed by atoms with Gasteiger partial charge in [0.2, 0.25) is 11.9 Å². The van der Waals surface area contributed by atoms with Crippen LogP contribution in [-0.4, -0.2) is 65.0 Å². The van der Waals surface area contributed by atoms with Crippen LogP contribution in [-0.2, 0) is 9.53 Å². The van der Waals surface area contributed by atoms with Gasteiger partial charge in [0.15, 0.2) is 0 Å². The van der Waals surface area contributed by atoms with Crippen molar-refractivity contribution < 1.29 is 9.53 Å². The van der Waals surface area contributed by atoms with Crippen LogP contribution < -0.4 is 16.0 Å². The quantitative estimate of drug-likeness (QED) is 0.405. The molecule has 0 aromatic carbocycles. The van der Waals surface area contributed by atoms with Crippen molar-refractivity contribution in [3.8, 4) is 0 Å². The fourth-order valence-corrected chi connectivity index (χ4v) is 5.70. The van der Waals surface area contributed by atoms with Gasteiger partial charge in [-0.25, -0.2) is 4.98 Å². The molecule has 0 spiro atoms. The van der Waals surface area contributed by atoms with E-state index in [9.17, 15) is 4.79 Å². The molecule has 1 aliphatic carbocycles. The first-order valence-corrected chi connectivity index (χ1v) is 12.9. The van der Waals surface area contributed by atoms with E-state index >= 15 is 0 Å². The molecule has 5 rings (SSSR count). The van der Waals surface area contributed by atoms with Crippen molar-refractivity contribution in [3.05, 3.63) is 29.6 Å². The van der Waals surface area contributed by atoms with Crippen molar-refractivity contribution in [2.24, 2.45) is 11.7 Å². The molecule has 4 heterocycles. The molecule has 2 bridgehead atoms. The predicted molar refractivity (Wildman–Crippen MR) is 137 cm³/mol. The molecule has 4 N–H and O–H groups in total. The van der Waals surface area contributed by atoms with Gasteiger partial charge in [-0.05, 0) is 63.9 Å². The standard InChI is InChI=1S/C26H37N7O2/c1-16(27)10-23(28)30-24-14-22(18-8-9-35-15-18)29-26(31-24)32(2)21-12-19-4-3-5-20(13-21)33(19)25(34)11-17-6-7-17/h8,10,14,17,19-21H,3-7,9,11-13,15,27H2,1-2H3,(H2,28,29,30,31)/b16-10-/t19-,20+,21-. The second-order valence-corrected chi connectivity index (χ2v) is 10.5. The van der Waals surface area contributed by atoms with E-state index in [1.165, 1.54) is 19.3 Å². The number of nitrogens with two attached hydrogens (primary N) is 1. The molecule has 1 aromatic rings. The zero-order valence-corrected chi connectivity index (χ0v) is 20.8. The minimum Gasteiger partial charge on any atom is -0.402 e. The molecule has 2 saturated heterocycles. The summed E-state index contributed by atoms with van der Waals surface area (Å²) in [6.07, 6.45) is 12.0. The van der Waals surface area contributed by atoms with Gasteiger partial charge in [0.1, 0.15) is 11.7 Å². The molecule has 4 aliphatic rings. The number of nitrogens with zero attached hydrogens (tertiary/aromatic N) is 4. The van der Waals surface area contributed by atoms with Crippen molar-refractivity contribution in [2.45, 2.75) is 76.4 Å². The monoisotopic (exact) mass is 479 g/mol. The van der Waals surface area contributed by atoms with Gasteiger partial charge in [-0.2, -0.15) is 4.98 Å². The van der Waals surface area contributed by atoms with Crippen molar-refractivity contribution in [2.75, 3.05) is 30.5 Å². The Bertz CT molecular complexity index is 1030. The number of fused-ring (bicyclic) bond motifs is 2. The second kappa shape index (κ2) is 9.97. The Labute approximate surface area is 207 Å². The zero-order valence-electron chi connectivity index (χ0n) is 20.8. The van der Waals surface area contributed by atoms with Gasteiger partial charge in [-0.3, -0.25) is 10.2 Å². The van der Waals surface area contributed by atoms with Crippen LogP contribution in [0.2, 0.25) is 0 Å². The summed E-state index contributed by atoms with van der Waals surface area (Å²) in [5, 5.41) is 11.2. The number of piperidine rings is 2. The molecular formula is C26H37N7O2. The highest BCUT2D eigenvalue weighted by Gasteiger charge is 2.43. The highest BCUT2D eigenvalue weighted by Crippen LogP contribution is 2.40. The van der Waals surface area contributed by atoms with E-state index in [-0.39, 0.29) is 11.9 Å². The van der Waals surface area contributed by atoms with Crippen LogP contribution in [0.4, 0.5) is 11.8 Å². The number of amidine groups is 1. The molecule has 3 fully saturated rings. The number of hydrogen-bond donors (Lipinski definition) is 3. The van der Waals surface area contributed by atoms with Crippen molar-refractivity contribution in [1.82, 2.24) is 14.9 Å². The van der Waals surface area contributed by atoms with E-state index < -0.39 is 0 Å². The minimum absolute atomic E-state index is 0.178. The number of amides is 1. The summed E-state index contributed by atoms with van der Waals surface area (Å²) >= 11 is 0. The lowest BCUT2D eigenvalue weighted by Gasteiger charge is -2.50. The Kier molecular flexibility index (Phi) is 6.77. The van der Waals surface area contributed by atoms with E-state index in [2.05, 4.69) is 22.2 Å². The van der Waals surface area contributed by atoms with Gasteiger partial charge in [0, 0.05) is 48.9 Å². The Morgan fingerprint density at radius 3 is 2.66 bits per heavy atom. The molecule has 1 aromatic heterocycles. The van der Waals surface area contributed by atoms with Crippen LogP contribution in [0.25, 0.3) is 5.57 Å².